The molecule has 1 aliphatic rings. The van der Waals surface area contributed by atoms with Crippen molar-refractivity contribution in [1.82, 2.24) is 0 Å². The summed E-state index contributed by atoms with van der Waals surface area (Å²) in [6, 6.07) is 4.49. The third-order valence-electron chi connectivity index (χ3n) is 4.29. The van der Waals surface area contributed by atoms with E-state index in [2.05, 4.69) is 47.1 Å². The molecule has 1 aromatic carbocycles. The maximum Gasteiger partial charge on any atom is 0.0213 e. The fraction of sp³-hybridized carbons (Fsp3) is 0.579. The van der Waals surface area contributed by atoms with Crippen molar-refractivity contribution in [3.8, 4) is 0 Å². The van der Waals surface area contributed by atoms with Crippen LogP contribution >= 0.6 is 15.9 Å². The van der Waals surface area contributed by atoms with Crippen LogP contribution < -0.4 is 0 Å². The van der Waals surface area contributed by atoms with Crippen LogP contribution in [0.4, 0.5) is 0 Å². The van der Waals surface area contributed by atoms with Crippen LogP contribution in [0.2, 0.25) is 0 Å². The van der Waals surface area contributed by atoms with E-state index >= 15 is 0 Å². The van der Waals surface area contributed by atoms with Crippen molar-refractivity contribution in [2.24, 2.45) is 0 Å². The lowest BCUT2D eigenvalue weighted by Crippen LogP contribution is -1.94. The molecule has 1 heteroatoms. The Morgan fingerprint density at radius 3 is 2.40 bits per heavy atom. The minimum Gasteiger partial charge on any atom is -0.0795 e. The van der Waals surface area contributed by atoms with Crippen LogP contribution in [0, 0.1) is 0 Å². The summed E-state index contributed by atoms with van der Waals surface area (Å²) in [6.45, 7) is 2.28. The molecule has 0 aliphatic heterocycles. The maximum absolute atomic E-state index is 3.73. The van der Waals surface area contributed by atoms with E-state index in [0.717, 1.165) is 6.42 Å². The van der Waals surface area contributed by atoms with E-state index in [0.29, 0.717) is 0 Å². The minimum atomic E-state index is 1.12. The van der Waals surface area contributed by atoms with Crippen molar-refractivity contribution in [2.45, 2.75) is 71.1 Å². The zero-order valence-electron chi connectivity index (χ0n) is 12.8. The fourth-order valence-corrected chi connectivity index (χ4v) is 3.61. The molecular weight excluding hydrogens is 308 g/mol. The zero-order chi connectivity index (χ0) is 14.2. The van der Waals surface area contributed by atoms with E-state index in [1.165, 1.54) is 79.0 Å². The summed E-state index contributed by atoms with van der Waals surface area (Å²) >= 11 is 3.73. The van der Waals surface area contributed by atoms with E-state index in [-0.39, 0.29) is 0 Å². The second-order valence-corrected chi connectivity index (χ2v) is 6.78. The highest BCUT2D eigenvalue weighted by molar-refractivity contribution is 9.10. The first-order valence-electron chi connectivity index (χ1n) is 8.29. The minimum absolute atomic E-state index is 1.12. The molecule has 0 saturated heterocycles. The quantitative estimate of drug-likeness (QED) is 0.440. The zero-order valence-corrected chi connectivity index (χ0v) is 14.3. The lowest BCUT2D eigenvalue weighted by atomic mass is 9.98. The van der Waals surface area contributed by atoms with Crippen molar-refractivity contribution in [2.75, 3.05) is 0 Å². The summed E-state index contributed by atoms with van der Waals surface area (Å²) in [7, 11) is 0. The topological polar surface area (TPSA) is 0 Å². The molecule has 110 valence electrons. The van der Waals surface area contributed by atoms with E-state index in [9.17, 15) is 0 Å². The van der Waals surface area contributed by atoms with Crippen LogP contribution in [0.1, 0.15) is 75.0 Å². The molecule has 0 saturated carbocycles. The molecule has 0 amide bonds. The maximum atomic E-state index is 3.73. The van der Waals surface area contributed by atoms with Gasteiger partial charge >= 0.3 is 0 Å². The second-order valence-electron chi connectivity index (χ2n) is 5.93. The van der Waals surface area contributed by atoms with Gasteiger partial charge in [0.05, 0.1) is 0 Å². The number of hydrogen-bond donors (Lipinski definition) is 0. The van der Waals surface area contributed by atoms with Crippen LogP contribution in [0.25, 0.3) is 6.08 Å². The SMILES string of the molecule is CCCCCCCCCCc1c(Br)ccc2c1C=CC2. The van der Waals surface area contributed by atoms with Crippen LogP contribution in [0.5, 0.6) is 0 Å². The summed E-state index contributed by atoms with van der Waals surface area (Å²) in [6.07, 6.45) is 18.1. The van der Waals surface area contributed by atoms with Gasteiger partial charge in [0.25, 0.3) is 0 Å². The lowest BCUT2D eigenvalue weighted by Gasteiger charge is -2.10. The standard InChI is InChI=1S/C19H27Br/c1-2-3-4-5-6-7-8-9-12-18-17-13-10-11-16(17)14-15-19(18)20/h10,13-15H,2-9,11-12H2,1H3. The molecule has 0 atom stereocenters. The molecule has 0 aromatic heterocycles. The van der Waals surface area contributed by atoms with E-state index in [1.54, 1.807) is 0 Å². The molecule has 20 heavy (non-hydrogen) atoms. The van der Waals surface area contributed by atoms with Gasteiger partial charge in [-0.25, -0.2) is 0 Å². The molecule has 0 unspecified atom stereocenters. The third-order valence-corrected chi connectivity index (χ3v) is 5.04. The smallest absolute Gasteiger partial charge is 0.0213 e. The largest absolute Gasteiger partial charge is 0.0795 e. The van der Waals surface area contributed by atoms with Gasteiger partial charge in [-0.1, -0.05) is 86.0 Å². The molecule has 0 spiro atoms. The van der Waals surface area contributed by atoms with Crippen molar-refractivity contribution >= 4 is 22.0 Å². The van der Waals surface area contributed by atoms with E-state index in [1.807, 2.05) is 0 Å². The van der Waals surface area contributed by atoms with Crippen LogP contribution in [0.15, 0.2) is 22.7 Å². The number of fused-ring (bicyclic) bond motifs is 1. The highest BCUT2D eigenvalue weighted by Crippen LogP contribution is 2.30. The monoisotopic (exact) mass is 334 g/mol. The van der Waals surface area contributed by atoms with Gasteiger partial charge in [-0.3, -0.25) is 0 Å². The molecule has 0 fully saturated rings. The van der Waals surface area contributed by atoms with Gasteiger partial charge in [-0.05, 0) is 42.0 Å². The average Bonchev–Trinajstić information content (AvgIpc) is 2.92. The number of allylic oxidation sites excluding steroid dienone is 1. The first-order chi connectivity index (χ1) is 9.83. The Hall–Kier alpha value is -0.560. The molecule has 0 heterocycles. The van der Waals surface area contributed by atoms with Crippen LogP contribution in [0.3, 0.4) is 0 Å². The number of benzene rings is 1. The van der Waals surface area contributed by atoms with Gasteiger partial charge in [-0.15, -0.1) is 0 Å². The molecule has 0 bridgehead atoms. The average molecular weight is 335 g/mol. The van der Waals surface area contributed by atoms with Crippen molar-refractivity contribution < 1.29 is 0 Å². The van der Waals surface area contributed by atoms with E-state index in [4.69, 9.17) is 0 Å². The van der Waals surface area contributed by atoms with Gasteiger partial charge in [0.2, 0.25) is 0 Å². The molecule has 0 nitrogen and oxygen atoms in total. The Balaban J connectivity index is 1.70. The van der Waals surface area contributed by atoms with Crippen LogP contribution in [-0.4, -0.2) is 0 Å². The molecule has 2 rings (SSSR count). The first-order valence-corrected chi connectivity index (χ1v) is 9.09. The molecule has 0 N–H and O–H groups in total. The number of halogens is 1. The van der Waals surface area contributed by atoms with Gasteiger partial charge in [0.15, 0.2) is 0 Å². The summed E-state index contributed by atoms with van der Waals surface area (Å²) in [5.74, 6) is 0. The fourth-order valence-electron chi connectivity index (χ4n) is 3.07. The van der Waals surface area contributed by atoms with Crippen molar-refractivity contribution in [1.29, 1.82) is 0 Å². The lowest BCUT2D eigenvalue weighted by molar-refractivity contribution is 0.575. The van der Waals surface area contributed by atoms with Gasteiger partial charge in [-0.2, -0.15) is 0 Å². The van der Waals surface area contributed by atoms with Crippen molar-refractivity contribution in [3.63, 3.8) is 0 Å². The number of rotatable bonds is 9. The molecule has 1 aromatic rings. The Morgan fingerprint density at radius 1 is 0.950 bits per heavy atom. The summed E-state index contributed by atoms with van der Waals surface area (Å²) < 4.78 is 1.30. The summed E-state index contributed by atoms with van der Waals surface area (Å²) in [4.78, 5) is 0. The molecule has 0 radical (unpaired) electrons. The predicted octanol–water partition coefficient (Wildman–Crippen LogP) is 6.70. The predicted molar refractivity (Wildman–Crippen MR) is 93.2 cm³/mol. The number of unbranched alkanes of at least 4 members (excludes halogenated alkanes) is 7. The molecular formula is C19H27Br. The summed E-state index contributed by atoms with van der Waals surface area (Å²) in [5.41, 5.74) is 4.52. The third kappa shape index (κ3) is 4.48. The number of hydrogen-bond acceptors (Lipinski definition) is 0. The Kier molecular flexibility index (Phi) is 6.86. The van der Waals surface area contributed by atoms with E-state index < -0.39 is 0 Å². The van der Waals surface area contributed by atoms with Crippen LogP contribution in [-0.2, 0) is 12.8 Å². The highest BCUT2D eigenvalue weighted by Gasteiger charge is 2.12. The second kappa shape index (κ2) is 8.67. The van der Waals surface area contributed by atoms with Gasteiger partial charge in [0, 0.05) is 4.47 Å². The summed E-state index contributed by atoms with van der Waals surface area (Å²) in [5, 5.41) is 0. The van der Waals surface area contributed by atoms with Crippen molar-refractivity contribution in [3.05, 3.63) is 39.4 Å². The van der Waals surface area contributed by atoms with Gasteiger partial charge < -0.3 is 0 Å². The van der Waals surface area contributed by atoms with Gasteiger partial charge in [0.1, 0.15) is 0 Å². The highest BCUT2D eigenvalue weighted by atomic mass is 79.9. The Morgan fingerprint density at radius 2 is 1.65 bits per heavy atom. The Labute approximate surface area is 132 Å². The first kappa shape index (κ1) is 15.8. The normalized spacial score (nSPS) is 12.9. The Bertz CT molecular complexity index is 445. The molecule has 1 aliphatic carbocycles.